The van der Waals surface area contributed by atoms with Crippen molar-refractivity contribution in [2.75, 3.05) is 5.32 Å². The molecule has 0 radical (unpaired) electrons. The third-order valence-corrected chi connectivity index (χ3v) is 5.08. The second kappa shape index (κ2) is 7.89. The minimum atomic E-state index is -0.736. The molecule has 146 valence electrons. The molecule has 2 aromatic carbocycles. The lowest BCUT2D eigenvalue weighted by atomic mass is 9.91. The summed E-state index contributed by atoms with van der Waals surface area (Å²) in [6, 6.07) is 13.7. The molecule has 2 unspecified atom stereocenters. The van der Waals surface area contributed by atoms with Crippen LogP contribution in [-0.4, -0.2) is 33.9 Å². The Balaban J connectivity index is 1.62. The third-order valence-electron chi connectivity index (χ3n) is 4.73. The zero-order chi connectivity index (χ0) is 20.4. The van der Waals surface area contributed by atoms with E-state index in [1.807, 2.05) is 42.5 Å². The lowest BCUT2D eigenvalue weighted by molar-refractivity contribution is -0.118. The zero-order valence-electron chi connectivity index (χ0n) is 15.5. The van der Waals surface area contributed by atoms with Crippen molar-refractivity contribution < 1.29 is 9.59 Å². The van der Waals surface area contributed by atoms with Gasteiger partial charge in [0.25, 0.3) is 0 Å². The van der Waals surface area contributed by atoms with E-state index in [9.17, 15) is 9.59 Å². The van der Waals surface area contributed by atoms with Crippen molar-refractivity contribution >= 4 is 51.9 Å². The van der Waals surface area contributed by atoms with Crippen LogP contribution in [0.1, 0.15) is 12.5 Å². The van der Waals surface area contributed by atoms with Gasteiger partial charge in [0, 0.05) is 21.8 Å². The standard InChI is InChI=1S/C21H18ClN5O2/c1-12-18(20(28)25-15-7-8-17-14(10-15)11-23-27-17)19(26-21(29)24-12)16(22)9-13-5-3-2-4-6-13/h2-11,18-19H,1H3,(H,23,27)(H,25,28)(H,26,29). The molecule has 3 amide bonds. The van der Waals surface area contributed by atoms with Gasteiger partial charge in [0.05, 0.1) is 17.8 Å². The van der Waals surface area contributed by atoms with Gasteiger partial charge in [-0.1, -0.05) is 41.9 Å². The molecule has 8 heteroatoms. The molecule has 0 aliphatic carbocycles. The first-order chi connectivity index (χ1) is 14.0. The Morgan fingerprint density at radius 2 is 2.00 bits per heavy atom. The number of halogens is 1. The van der Waals surface area contributed by atoms with Gasteiger partial charge in [-0.25, -0.2) is 9.79 Å². The van der Waals surface area contributed by atoms with Crippen LogP contribution in [0.5, 0.6) is 0 Å². The molecule has 29 heavy (non-hydrogen) atoms. The van der Waals surface area contributed by atoms with E-state index in [2.05, 4.69) is 25.8 Å². The number of fused-ring (bicyclic) bond motifs is 1. The molecule has 0 fully saturated rings. The van der Waals surface area contributed by atoms with Gasteiger partial charge in [-0.3, -0.25) is 9.89 Å². The number of aromatic nitrogens is 2. The van der Waals surface area contributed by atoms with Crippen molar-refractivity contribution in [2.45, 2.75) is 13.0 Å². The Labute approximate surface area is 171 Å². The lowest BCUT2D eigenvalue weighted by Crippen LogP contribution is -2.51. The number of urea groups is 1. The number of anilines is 1. The fourth-order valence-electron chi connectivity index (χ4n) is 3.33. The van der Waals surface area contributed by atoms with Crippen LogP contribution in [0, 0.1) is 5.92 Å². The molecule has 2 atom stereocenters. The van der Waals surface area contributed by atoms with Crippen LogP contribution in [0.3, 0.4) is 0 Å². The topological polar surface area (TPSA) is 99.2 Å². The normalized spacial score (nSPS) is 19.6. The summed E-state index contributed by atoms with van der Waals surface area (Å²) in [7, 11) is 0. The van der Waals surface area contributed by atoms with Crippen molar-refractivity contribution in [2.24, 2.45) is 10.9 Å². The zero-order valence-corrected chi connectivity index (χ0v) is 16.3. The lowest BCUT2D eigenvalue weighted by Gasteiger charge is -2.29. The third kappa shape index (κ3) is 4.05. The van der Waals surface area contributed by atoms with Crippen molar-refractivity contribution in [3.05, 3.63) is 65.3 Å². The van der Waals surface area contributed by atoms with E-state index < -0.39 is 18.0 Å². The number of nitrogens with zero attached hydrogens (tertiary/aromatic N) is 2. The van der Waals surface area contributed by atoms with Gasteiger partial charge < -0.3 is 10.6 Å². The number of nitrogens with one attached hydrogen (secondary N) is 3. The molecule has 1 aliphatic rings. The first kappa shape index (κ1) is 18.9. The number of carbonyl (C=O) groups is 2. The number of amides is 3. The summed E-state index contributed by atoms with van der Waals surface area (Å²) < 4.78 is 0. The summed E-state index contributed by atoms with van der Waals surface area (Å²) in [5.41, 5.74) is 2.77. The highest BCUT2D eigenvalue weighted by Crippen LogP contribution is 2.26. The fraction of sp³-hybridized carbons (Fsp3) is 0.143. The van der Waals surface area contributed by atoms with Crippen LogP contribution in [-0.2, 0) is 4.79 Å². The second-order valence-corrected chi connectivity index (χ2v) is 7.20. The van der Waals surface area contributed by atoms with Crippen molar-refractivity contribution in [1.82, 2.24) is 15.5 Å². The molecule has 0 spiro atoms. The van der Waals surface area contributed by atoms with Crippen LogP contribution >= 0.6 is 11.6 Å². The van der Waals surface area contributed by atoms with Crippen molar-refractivity contribution in [3.63, 3.8) is 0 Å². The molecule has 4 rings (SSSR count). The monoisotopic (exact) mass is 407 g/mol. The van der Waals surface area contributed by atoms with Gasteiger partial charge >= 0.3 is 6.03 Å². The Morgan fingerprint density at radius 1 is 1.21 bits per heavy atom. The second-order valence-electron chi connectivity index (χ2n) is 6.76. The van der Waals surface area contributed by atoms with E-state index in [1.54, 1.807) is 25.3 Å². The summed E-state index contributed by atoms with van der Waals surface area (Å²) in [5.74, 6) is -1.04. The number of carbonyl (C=O) groups excluding carboxylic acids is 2. The van der Waals surface area contributed by atoms with Crippen LogP contribution in [0.2, 0.25) is 0 Å². The highest BCUT2D eigenvalue weighted by atomic mass is 35.5. The average molecular weight is 408 g/mol. The molecule has 1 aliphatic heterocycles. The predicted octanol–water partition coefficient (Wildman–Crippen LogP) is 3.95. The molecule has 2 heterocycles. The molecule has 1 aromatic heterocycles. The number of H-pyrrole nitrogens is 1. The molecular weight excluding hydrogens is 390 g/mol. The minimum absolute atomic E-state index is 0.307. The van der Waals surface area contributed by atoms with E-state index in [4.69, 9.17) is 11.6 Å². The van der Waals surface area contributed by atoms with Gasteiger partial charge in [-0.2, -0.15) is 5.10 Å². The summed E-state index contributed by atoms with van der Waals surface area (Å²) in [6.45, 7) is 1.65. The average Bonchev–Trinajstić information content (AvgIpc) is 3.16. The van der Waals surface area contributed by atoms with E-state index in [1.165, 1.54) is 0 Å². The van der Waals surface area contributed by atoms with E-state index in [-0.39, 0.29) is 5.91 Å². The molecular formula is C21H18ClN5O2. The molecule has 0 bridgehead atoms. The van der Waals surface area contributed by atoms with Crippen molar-refractivity contribution in [1.29, 1.82) is 0 Å². The maximum absolute atomic E-state index is 13.1. The summed E-state index contributed by atoms with van der Waals surface area (Å²) >= 11 is 6.53. The molecule has 7 nitrogen and oxygen atoms in total. The quantitative estimate of drug-likeness (QED) is 0.610. The smallest absolute Gasteiger partial charge is 0.327 e. The van der Waals surface area contributed by atoms with Crippen LogP contribution in [0.4, 0.5) is 10.5 Å². The Kier molecular flexibility index (Phi) is 5.14. The first-order valence-corrected chi connectivity index (χ1v) is 9.41. The number of hydrogen-bond acceptors (Lipinski definition) is 3. The number of aromatic amines is 1. The largest absolute Gasteiger partial charge is 0.341 e. The summed E-state index contributed by atoms with van der Waals surface area (Å²) in [4.78, 5) is 28.9. The maximum Gasteiger partial charge on any atom is 0.341 e. The van der Waals surface area contributed by atoms with Crippen LogP contribution in [0.15, 0.2) is 64.8 Å². The molecule has 3 N–H and O–H groups in total. The highest BCUT2D eigenvalue weighted by molar-refractivity contribution is 6.33. The Hall–Kier alpha value is -3.45. The van der Waals surface area contributed by atoms with Gasteiger partial charge in [0.2, 0.25) is 5.91 Å². The van der Waals surface area contributed by atoms with Gasteiger partial charge in [0.1, 0.15) is 5.92 Å². The molecule has 0 saturated carbocycles. The van der Waals surface area contributed by atoms with Crippen LogP contribution in [0.25, 0.3) is 17.0 Å². The van der Waals surface area contributed by atoms with Gasteiger partial charge in [-0.15, -0.1) is 0 Å². The van der Waals surface area contributed by atoms with Gasteiger partial charge in [-0.05, 0) is 36.8 Å². The first-order valence-electron chi connectivity index (χ1n) is 9.03. The maximum atomic E-state index is 13.1. The summed E-state index contributed by atoms with van der Waals surface area (Å²) in [5, 5.41) is 13.7. The SMILES string of the molecule is CC1=NC(=O)NC(C(Cl)=Cc2ccccc2)C1C(=O)Nc1ccc2[nH]ncc2c1. The van der Waals surface area contributed by atoms with E-state index in [0.717, 1.165) is 16.5 Å². The minimum Gasteiger partial charge on any atom is -0.327 e. The van der Waals surface area contributed by atoms with Crippen molar-refractivity contribution in [3.8, 4) is 0 Å². The predicted molar refractivity (Wildman–Crippen MR) is 114 cm³/mol. The number of aliphatic imine (C=N–C) groups is 1. The van der Waals surface area contributed by atoms with E-state index >= 15 is 0 Å². The number of hydrogen-bond donors (Lipinski definition) is 3. The Bertz CT molecular complexity index is 1140. The molecule has 3 aromatic rings. The number of rotatable bonds is 4. The fourth-order valence-corrected chi connectivity index (χ4v) is 3.63. The van der Waals surface area contributed by atoms with E-state index in [0.29, 0.717) is 16.4 Å². The Morgan fingerprint density at radius 3 is 2.79 bits per heavy atom. The molecule has 0 saturated heterocycles. The highest BCUT2D eigenvalue weighted by Gasteiger charge is 2.37. The number of benzene rings is 2. The van der Waals surface area contributed by atoms with Gasteiger partial charge in [0.15, 0.2) is 0 Å². The summed E-state index contributed by atoms with van der Waals surface area (Å²) in [6.07, 6.45) is 3.42. The van der Waals surface area contributed by atoms with Crippen LogP contribution < -0.4 is 10.6 Å².